The Morgan fingerprint density at radius 3 is 2.38 bits per heavy atom. The predicted molar refractivity (Wildman–Crippen MR) is 68.1 cm³/mol. The van der Waals surface area contributed by atoms with Gasteiger partial charge in [-0.25, -0.2) is 0 Å². The van der Waals surface area contributed by atoms with Crippen molar-refractivity contribution in [2.75, 3.05) is 0 Å². The minimum absolute atomic E-state index is 0.463. The van der Waals surface area contributed by atoms with Crippen LogP contribution in [0.5, 0.6) is 0 Å². The highest BCUT2D eigenvalue weighted by molar-refractivity contribution is 5.36. The minimum Gasteiger partial charge on any atom is -0.386 e. The van der Waals surface area contributed by atoms with Crippen LogP contribution in [0.2, 0.25) is 0 Å². The lowest BCUT2D eigenvalue weighted by atomic mass is 9.61. The van der Waals surface area contributed by atoms with Crippen LogP contribution >= 0.6 is 0 Å². The van der Waals surface area contributed by atoms with E-state index in [9.17, 15) is 5.11 Å². The molecular formula is C15H24O. The van der Waals surface area contributed by atoms with Crippen molar-refractivity contribution in [3.63, 3.8) is 0 Å². The molecule has 3 aliphatic carbocycles. The minimum atomic E-state index is -0.659. The first-order chi connectivity index (χ1) is 7.30. The van der Waals surface area contributed by atoms with Crippen molar-refractivity contribution in [2.45, 2.75) is 46.6 Å². The van der Waals surface area contributed by atoms with Gasteiger partial charge in [0.15, 0.2) is 0 Å². The molecule has 16 heavy (non-hydrogen) atoms. The highest BCUT2D eigenvalue weighted by Gasteiger charge is 2.41. The van der Waals surface area contributed by atoms with Gasteiger partial charge in [-0.2, -0.15) is 0 Å². The van der Waals surface area contributed by atoms with Crippen molar-refractivity contribution in [1.29, 1.82) is 0 Å². The van der Waals surface area contributed by atoms with E-state index in [1.165, 1.54) is 17.6 Å². The number of fused-ring (bicyclic) bond motifs is 1. The molecule has 0 fully saturated rings. The van der Waals surface area contributed by atoms with Crippen LogP contribution in [0.3, 0.4) is 0 Å². The second kappa shape index (κ2) is 3.73. The molecule has 0 aromatic heterocycles. The van der Waals surface area contributed by atoms with Crippen LogP contribution in [0.1, 0.15) is 41.0 Å². The summed E-state index contributed by atoms with van der Waals surface area (Å²) in [5, 5.41) is 10.3. The molecule has 0 aromatic rings. The number of aliphatic hydroxyl groups is 1. The summed E-state index contributed by atoms with van der Waals surface area (Å²) in [5.41, 5.74) is 2.08. The fourth-order valence-electron chi connectivity index (χ4n) is 3.30. The average Bonchev–Trinajstić information content (AvgIpc) is 2.15. The first-order valence-electron chi connectivity index (χ1n) is 6.43. The van der Waals surface area contributed by atoms with E-state index in [4.69, 9.17) is 0 Å². The highest BCUT2D eigenvalue weighted by atomic mass is 16.3. The van der Waals surface area contributed by atoms with Gasteiger partial charge in [0.2, 0.25) is 0 Å². The summed E-state index contributed by atoms with van der Waals surface area (Å²) < 4.78 is 0. The van der Waals surface area contributed by atoms with E-state index in [1.54, 1.807) is 0 Å². The molecule has 0 aliphatic heterocycles. The molecule has 90 valence electrons. The van der Waals surface area contributed by atoms with Crippen molar-refractivity contribution in [3.8, 4) is 0 Å². The first-order valence-corrected chi connectivity index (χ1v) is 6.43. The van der Waals surface area contributed by atoms with Gasteiger partial charge in [0.05, 0.1) is 5.60 Å². The molecule has 0 radical (unpaired) electrons. The summed E-state index contributed by atoms with van der Waals surface area (Å²) >= 11 is 0. The van der Waals surface area contributed by atoms with Crippen LogP contribution < -0.4 is 0 Å². The van der Waals surface area contributed by atoms with E-state index in [-0.39, 0.29) is 0 Å². The third-order valence-electron chi connectivity index (χ3n) is 4.32. The van der Waals surface area contributed by atoms with E-state index in [1.807, 2.05) is 13.8 Å². The monoisotopic (exact) mass is 220 g/mol. The van der Waals surface area contributed by atoms with Gasteiger partial charge in [-0.3, -0.25) is 0 Å². The van der Waals surface area contributed by atoms with E-state index in [0.29, 0.717) is 23.7 Å². The summed E-state index contributed by atoms with van der Waals surface area (Å²) in [4.78, 5) is 0. The molecule has 0 saturated carbocycles. The second-order valence-corrected chi connectivity index (χ2v) is 6.37. The van der Waals surface area contributed by atoms with Crippen LogP contribution in [0.25, 0.3) is 0 Å². The zero-order valence-electron chi connectivity index (χ0n) is 11.1. The maximum Gasteiger partial charge on any atom is 0.0806 e. The molecule has 3 unspecified atom stereocenters. The summed E-state index contributed by atoms with van der Waals surface area (Å²) in [5.74, 6) is 2.44. The molecule has 0 aromatic carbocycles. The highest BCUT2D eigenvalue weighted by Crippen LogP contribution is 2.49. The largest absolute Gasteiger partial charge is 0.386 e. The summed E-state index contributed by atoms with van der Waals surface area (Å²) in [7, 11) is 0. The van der Waals surface area contributed by atoms with Crippen LogP contribution in [0.15, 0.2) is 23.3 Å². The molecule has 0 heterocycles. The fraction of sp³-hybridized carbons (Fsp3) is 0.733. The van der Waals surface area contributed by atoms with Crippen molar-refractivity contribution in [2.24, 2.45) is 23.7 Å². The first kappa shape index (κ1) is 11.9. The van der Waals surface area contributed by atoms with Crippen molar-refractivity contribution >= 4 is 0 Å². The molecule has 3 aliphatic rings. The normalized spacial score (nSPS) is 34.1. The van der Waals surface area contributed by atoms with Gasteiger partial charge in [0, 0.05) is 5.92 Å². The lowest BCUT2D eigenvalue weighted by Crippen LogP contribution is -2.39. The Hall–Kier alpha value is -0.560. The molecule has 3 rings (SSSR count). The Morgan fingerprint density at radius 2 is 1.94 bits per heavy atom. The number of hydrogen-bond donors (Lipinski definition) is 1. The molecule has 0 amide bonds. The van der Waals surface area contributed by atoms with Gasteiger partial charge in [-0.05, 0) is 50.5 Å². The summed E-state index contributed by atoms with van der Waals surface area (Å²) in [6.07, 6.45) is 5.98. The second-order valence-electron chi connectivity index (χ2n) is 6.37. The van der Waals surface area contributed by atoms with Gasteiger partial charge in [-0.15, -0.1) is 0 Å². The molecule has 1 heteroatoms. The van der Waals surface area contributed by atoms with E-state index < -0.39 is 5.60 Å². The van der Waals surface area contributed by atoms with E-state index in [2.05, 4.69) is 32.9 Å². The Kier molecular flexibility index (Phi) is 2.78. The predicted octanol–water partition coefficient (Wildman–Crippen LogP) is 3.55. The third kappa shape index (κ3) is 1.86. The maximum absolute atomic E-state index is 10.3. The molecule has 3 atom stereocenters. The van der Waals surface area contributed by atoms with Crippen LogP contribution in [-0.4, -0.2) is 10.7 Å². The maximum atomic E-state index is 10.3. The van der Waals surface area contributed by atoms with Crippen LogP contribution in [0.4, 0.5) is 0 Å². The van der Waals surface area contributed by atoms with Crippen molar-refractivity contribution < 1.29 is 5.11 Å². The van der Waals surface area contributed by atoms with Gasteiger partial charge < -0.3 is 5.11 Å². The summed E-state index contributed by atoms with van der Waals surface area (Å²) in [6.45, 7) is 10.7. The summed E-state index contributed by atoms with van der Waals surface area (Å²) in [6, 6.07) is 0. The van der Waals surface area contributed by atoms with Gasteiger partial charge >= 0.3 is 0 Å². The Morgan fingerprint density at radius 1 is 1.31 bits per heavy atom. The Bertz CT molecular complexity index is 341. The van der Waals surface area contributed by atoms with E-state index >= 15 is 0 Å². The lowest BCUT2D eigenvalue weighted by molar-refractivity contribution is 0.0903. The molecule has 1 N–H and O–H groups in total. The van der Waals surface area contributed by atoms with Gasteiger partial charge in [0.1, 0.15) is 0 Å². The molecule has 0 saturated heterocycles. The number of rotatable bonds is 2. The van der Waals surface area contributed by atoms with Gasteiger partial charge in [-0.1, -0.05) is 31.6 Å². The van der Waals surface area contributed by atoms with Crippen molar-refractivity contribution in [3.05, 3.63) is 23.3 Å². The zero-order chi connectivity index (χ0) is 12.1. The number of hydrogen-bond acceptors (Lipinski definition) is 1. The number of allylic oxidation sites excluding steroid dienone is 3. The van der Waals surface area contributed by atoms with Crippen molar-refractivity contribution in [1.82, 2.24) is 0 Å². The molecule has 2 bridgehead atoms. The third-order valence-corrected chi connectivity index (χ3v) is 4.32. The topological polar surface area (TPSA) is 20.2 Å². The average molecular weight is 220 g/mol. The SMILES string of the molecule is CC1=CC2C(C(C)(C)O)=CC1CC2C(C)C. The Balaban J connectivity index is 2.36. The van der Waals surface area contributed by atoms with Crippen LogP contribution in [0, 0.1) is 23.7 Å². The van der Waals surface area contributed by atoms with E-state index in [0.717, 1.165) is 0 Å². The van der Waals surface area contributed by atoms with Gasteiger partial charge in [0.25, 0.3) is 0 Å². The molecule has 0 spiro atoms. The molecular weight excluding hydrogens is 196 g/mol. The Labute approximate surface area is 99.3 Å². The zero-order valence-corrected chi connectivity index (χ0v) is 11.1. The van der Waals surface area contributed by atoms with Crippen LogP contribution in [-0.2, 0) is 0 Å². The standard InChI is InChI=1S/C15H24O/c1-9(2)12-7-11-8-14(15(4,5)16)13(12)6-10(11)3/h6,8-9,11-13,16H,7H2,1-5H3. The lowest BCUT2D eigenvalue weighted by Gasteiger charge is -2.45. The smallest absolute Gasteiger partial charge is 0.0806 e. The quantitative estimate of drug-likeness (QED) is 0.706. The molecule has 1 nitrogen and oxygen atoms in total. The fourth-order valence-corrected chi connectivity index (χ4v) is 3.30.